The molecule has 0 saturated heterocycles. The molecule has 0 fully saturated rings. The van der Waals surface area contributed by atoms with Crippen molar-refractivity contribution < 1.29 is 23.8 Å². The van der Waals surface area contributed by atoms with Crippen LogP contribution >= 0.6 is 15.9 Å². The van der Waals surface area contributed by atoms with Crippen molar-refractivity contribution >= 4 is 38.4 Å². The monoisotopic (exact) mass is 427 g/mol. The van der Waals surface area contributed by atoms with Crippen LogP contribution in [-0.4, -0.2) is 37.9 Å². The third-order valence-electron chi connectivity index (χ3n) is 4.60. The molecule has 3 aromatic rings. The molecule has 0 atom stereocenters. The van der Waals surface area contributed by atoms with Crippen LogP contribution in [0.15, 0.2) is 34.9 Å². The second-order valence-electron chi connectivity index (χ2n) is 5.93. The summed E-state index contributed by atoms with van der Waals surface area (Å²) in [6, 6.07) is 6.74. The smallest absolute Gasteiger partial charge is 0.202 e. The van der Waals surface area contributed by atoms with Crippen LogP contribution in [0.5, 0.6) is 17.2 Å². The van der Waals surface area contributed by atoms with Crippen molar-refractivity contribution in [3.8, 4) is 17.2 Å². The summed E-state index contributed by atoms with van der Waals surface area (Å²) < 4.78 is 16.9. The van der Waals surface area contributed by atoms with Gasteiger partial charge < -0.3 is 14.2 Å². The third kappa shape index (κ3) is 2.42. The molecule has 0 amide bonds. The van der Waals surface area contributed by atoms with E-state index < -0.39 is 0 Å². The van der Waals surface area contributed by atoms with Crippen molar-refractivity contribution in [3.63, 3.8) is 0 Å². The Bertz CT molecular complexity index is 1140. The molecule has 4 rings (SSSR count). The van der Waals surface area contributed by atoms with Gasteiger partial charge in [0.1, 0.15) is 17.2 Å². The summed E-state index contributed by atoms with van der Waals surface area (Å²) >= 11 is 3.38. The molecular weight excluding hydrogens is 414 g/mol. The zero-order valence-electron chi connectivity index (χ0n) is 14.8. The molecule has 0 spiro atoms. The van der Waals surface area contributed by atoms with Gasteiger partial charge in [0.05, 0.1) is 49.1 Å². The maximum Gasteiger partial charge on any atom is 0.202 e. The lowest BCUT2D eigenvalue weighted by Crippen LogP contribution is -2.24. The SMILES string of the molecule is COc1ccc(OC)c2c1C(=O)c1c(OC)cc3cc(Br)cnc3c1C2=O. The summed E-state index contributed by atoms with van der Waals surface area (Å²) in [5.74, 6) is 0.211. The van der Waals surface area contributed by atoms with Gasteiger partial charge in [-0.25, -0.2) is 0 Å². The number of ether oxygens (including phenoxy) is 3. The van der Waals surface area contributed by atoms with E-state index in [1.54, 1.807) is 24.4 Å². The van der Waals surface area contributed by atoms with Crippen LogP contribution < -0.4 is 14.2 Å². The van der Waals surface area contributed by atoms with Crippen LogP contribution in [0.2, 0.25) is 0 Å². The van der Waals surface area contributed by atoms with Crippen LogP contribution in [-0.2, 0) is 0 Å². The van der Waals surface area contributed by atoms with Crippen molar-refractivity contribution in [2.75, 3.05) is 21.3 Å². The van der Waals surface area contributed by atoms with Crippen molar-refractivity contribution in [3.05, 3.63) is 57.2 Å². The molecule has 2 aromatic carbocycles. The number of pyridine rings is 1. The Labute approximate surface area is 163 Å². The molecule has 0 saturated carbocycles. The van der Waals surface area contributed by atoms with E-state index in [9.17, 15) is 9.59 Å². The van der Waals surface area contributed by atoms with Crippen LogP contribution in [0.25, 0.3) is 10.9 Å². The van der Waals surface area contributed by atoms with E-state index in [0.29, 0.717) is 28.2 Å². The van der Waals surface area contributed by atoms with Gasteiger partial charge in [-0.1, -0.05) is 0 Å². The van der Waals surface area contributed by atoms with E-state index in [4.69, 9.17) is 14.2 Å². The lowest BCUT2D eigenvalue weighted by atomic mass is 9.81. The largest absolute Gasteiger partial charge is 0.496 e. The minimum absolute atomic E-state index is 0.170. The molecule has 0 unspecified atom stereocenters. The van der Waals surface area contributed by atoms with Crippen molar-refractivity contribution in [2.45, 2.75) is 0 Å². The summed E-state index contributed by atoms with van der Waals surface area (Å²) in [4.78, 5) is 31.2. The molecular formula is C20H14BrNO5. The molecule has 27 heavy (non-hydrogen) atoms. The first-order valence-electron chi connectivity index (χ1n) is 8.02. The number of methoxy groups -OCH3 is 3. The van der Waals surface area contributed by atoms with Crippen LogP contribution in [0, 0.1) is 0 Å². The molecule has 0 aliphatic heterocycles. The first kappa shape index (κ1) is 17.5. The summed E-state index contributed by atoms with van der Waals surface area (Å²) in [6.45, 7) is 0. The van der Waals surface area contributed by atoms with E-state index in [2.05, 4.69) is 20.9 Å². The number of carbonyl (C=O) groups excluding carboxylic acids is 2. The minimum atomic E-state index is -0.362. The Morgan fingerprint density at radius 1 is 0.778 bits per heavy atom. The van der Waals surface area contributed by atoms with Gasteiger partial charge in [-0.3, -0.25) is 14.6 Å². The number of ketones is 2. The zero-order chi connectivity index (χ0) is 19.3. The summed E-state index contributed by atoms with van der Waals surface area (Å²) in [7, 11) is 4.36. The third-order valence-corrected chi connectivity index (χ3v) is 5.03. The van der Waals surface area contributed by atoms with E-state index in [-0.39, 0.29) is 33.8 Å². The fourth-order valence-corrected chi connectivity index (χ4v) is 3.79. The molecule has 1 aromatic heterocycles. The Morgan fingerprint density at radius 2 is 1.30 bits per heavy atom. The summed E-state index contributed by atoms with van der Waals surface area (Å²) in [5.41, 5.74) is 1.17. The Hall–Kier alpha value is -2.93. The maximum absolute atomic E-state index is 13.5. The summed E-state index contributed by atoms with van der Waals surface area (Å²) in [6.07, 6.45) is 1.59. The van der Waals surface area contributed by atoms with E-state index in [1.807, 2.05) is 6.07 Å². The molecule has 6 nitrogen and oxygen atoms in total. The topological polar surface area (TPSA) is 74.7 Å². The molecule has 1 aliphatic carbocycles. The van der Waals surface area contributed by atoms with Crippen LogP contribution in [0.4, 0.5) is 0 Å². The number of carbonyl (C=O) groups is 2. The van der Waals surface area contributed by atoms with E-state index in [0.717, 1.165) is 4.47 Å². The second-order valence-corrected chi connectivity index (χ2v) is 6.85. The molecule has 136 valence electrons. The Balaban J connectivity index is 2.16. The molecule has 0 radical (unpaired) electrons. The van der Waals surface area contributed by atoms with Gasteiger partial charge in [0.15, 0.2) is 0 Å². The van der Waals surface area contributed by atoms with Gasteiger partial charge in [-0.05, 0) is 40.2 Å². The lowest BCUT2D eigenvalue weighted by molar-refractivity contribution is 0.0972. The van der Waals surface area contributed by atoms with Gasteiger partial charge in [0.25, 0.3) is 0 Å². The Morgan fingerprint density at radius 3 is 1.85 bits per heavy atom. The number of nitrogens with zero attached hydrogens (tertiary/aromatic N) is 1. The highest BCUT2D eigenvalue weighted by Gasteiger charge is 2.39. The molecule has 1 aliphatic rings. The number of fused-ring (bicyclic) bond motifs is 4. The first-order valence-corrected chi connectivity index (χ1v) is 8.81. The Kier molecular flexibility index (Phi) is 4.11. The predicted molar refractivity (Wildman–Crippen MR) is 102 cm³/mol. The second kappa shape index (κ2) is 6.35. The van der Waals surface area contributed by atoms with Gasteiger partial charge in [0.2, 0.25) is 11.6 Å². The molecule has 1 heterocycles. The minimum Gasteiger partial charge on any atom is -0.496 e. The number of hydrogen-bond donors (Lipinski definition) is 0. The maximum atomic E-state index is 13.5. The first-order chi connectivity index (χ1) is 13.0. The average molecular weight is 428 g/mol. The highest BCUT2D eigenvalue weighted by atomic mass is 79.9. The van der Waals surface area contributed by atoms with Crippen molar-refractivity contribution in [1.29, 1.82) is 0 Å². The number of aromatic nitrogens is 1. The van der Waals surface area contributed by atoms with Gasteiger partial charge in [-0.2, -0.15) is 0 Å². The molecule has 0 bridgehead atoms. The standard InChI is InChI=1S/C20H14BrNO5/c1-25-11-4-5-12(26-2)15-14(11)19(23)16-13(27-3)7-9-6-10(21)8-22-18(9)17(16)20(15)24/h4-8H,1-3H3. The van der Waals surface area contributed by atoms with E-state index >= 15 is 0 Å². The van der Waals surface area contributed by atoms with Gasteiger partial charge in [0, 0.05) is 16.1 Å². The van der Waals surface area contributed by atoms with Crippen LogP contribution in [0.3, 0.4) is 0 Å². The summed E-state index contributed by atoms with van der Waals surface area (Å²) in [5, 5.41) is 0.687. The fourth-order valence-electron chi connectivity index (χ4n) is 3.44. The highest BCUT2D eigenvalue weighted by Crippen LogP contribution is 2.43. The van der Waals surface area contributed by atoms with Gasteiger partial charge in [-0.15, -0.1) is 0 Å². The zero-order valence-corrected chi connectivity index (χ0v) is 16.3. The number of benzene rings is 2. The highest BCUT2D eigenvalue weighted by molar-refractivity contribution is 9.10. The lowest BCUT2D eigenvalue weighted by Gasteiger charge is -2.24. The molecule has 0 N–H and O–H groups in total. The van der Waals surface area contributed by atoms with E-state index in [1.165, 1.54) is 21.3 Å². The average Bonchev–Trinajstić information content (AvgIpc) is 2.69. The van der Waals surface area contributed by atoms with Crippen molar-refractivity contribution in [1.82, 2.24) is 4.98 Å². The number of hydrogen-bond acceptors (Lipinski definition) is 6. The fraction of sp³-hybridized carbons (Fsp3) is 0.150. The number of rotatable bonds is 3. The predicted octanol–water partition coefficient (Wildman–Crippen LogP) is 3.80. The number of halogens is 1. The quantitative estimate of drug-likeness (QED) is 0.494. The van der Waals surface area contributed by atoms with Crippen LogP contribution in [0.1, 0.15) is 31.8 Å². The normalized spacial score (nSPS) is 12.6. The van der Waals surface area contributed by atoms with Crippen molar-refractivity contribution in [2.24, 2.45) is 0 Å². The molecule has 7 heteroatoms. The van der Waals surface area contributed by atoms with Gasteiger partial charge >= 0.3 is 0 Å².